The molecule has 2 N–H and O–H groups in total. The fourth-order valence-electron chi connectivity index (χ4n) is 2.38. The van der Waals surface area contributed by atoms with Gasteiger partial charge in [-0.25, -0.2) is 0 Å². The van der Waals surface area contributed by atoms with Crippen LogP contribution in [0.3, 0.4) is 0 Å². The average molecular weight is 401 g/mol. The number of benzene rings is 2. The number of hydrogen-bond donors (Lipinski definition) is 2. The minimum atomic E-state index is -0.238. The predicted octanol–water partition coefficient (Wildman–Crippen LogP) is 3.72. The Bertz CT molecular complexity index is 974. The van der Waals surface area contributed by atoms with Gasteiger partial charge in [-0.1, -0.05) is 52.8 Å². The molecule has 0 aliphatic heterocycles. The van der Waals surface area contributed by atoms with Crippen LogP contribution in [0, 0.1) is 6.92 Å². The number of carbonyl (C=O) groups is 2. The summed E-state index contributed by atoms with van der Waals surface area (Å²) in [5.74, 6) is -0.466. The Morgan fingerprint density at radius 1 is 1.07 bits per heavy atom. The SMILES string of the molecule is Cc1cccc(C(=O)Nc2nnc(CCNC(=O)c3ccccc3Cl)s2)c1. The van der Waals surface area contributed by atoms with Crippen molar-refractivity contribution in [1.82, 2.24) is 15.5 Å². The molecule has 138 valence electrons. The molecule has 3 rings (SSSR count). The first kappa shape index (κ1) is 19.0. The van der Waals surface area contributed by atoms with Gasteiger partial charge in [0.2, 0.25) is 5.13 Å². The highest BCUT2D eigenvalue weighted by Crippen LogP contribution is 2.17. The van der Waals surface area contributed by atoms with E-state index in [0.29, 0.717) is 39.3 Å². The molecular formula is C19H17ClN4O2S. The van der Waals surface area contributed by atoms with E-state index in [1.165, 1.54) is 11.3 Å². The largest absolute Gasteiger partial charge is 0.352 e. The van der Waals surface area contributed by atoms with Gasteiger partial charge in [-0.3, -0.25) is 14.9 Å². The van der Waals surface area contributed by atoms with Crippen LogP contribution in [0.25, 0.3) is 0 Å². The Morgan fingerprint density at radius 2 is 1.89 bits per heavy atom. The fourth-order valence-corrected chi connectivity index (χ4v) is 3.34. The quantitative estimate of drug-likeness (QED) is 0.660. The molecule has 0 aliphatic carbocycles. The molecule has 27 heavy (non-hydrogen) atoms. The molecule has 3 aromatic rings. The molecule has 1 heterocycles. The Hall–Kier alpha value is -2.77. The van der Waals surface area contributed by atoms with Crippen LogP contribution in [-0.4, -0.2) is 28.6 Å². The topological polar surface area (TPSA) is 84.0 Å². The van der Waals surface area contributed by atoms with E-state index in [2.05, 4.69) is 20.8 Å². The zero-order chi connectivity index (χ0) is 19.2. The van der Waals surface area contributed by atoms with Crippen LogP contribution in [-0.2, 0) is 6.42 Å². The van der Waals surface area contributed by atoms with Gasteiger partial charge >= 0.3 is 0 Å². The predicted molar refractivity (Wildman–Crippen MR) is 107 cm³/mol. The van der Waals surface area contributed by atoms with Gasteiger partial charge in [0.1, 0.15) is 5.01 Å². The van der Waals surface area contributed by atoms with Gasteiger partial charge in [0.05, 0.1) is 10.6 Å². The Labute approximate surface area is 165 Å². The van der Waals surface area contributed by atoms with Crippen molar-refractivity contribution in [3.8, 4) is 0 Å². The molecule has 0 bridgehead atoms. The first-order valence-electron chi connectivity index (χ1n) is 8.26. The molecule has 0 aliphatic rings. The summed E-state index contributed by atoms with van der Waals surface area (Å²) in [6.45, 7) is 2.32. The van der Waals surface area contributed by atoms with E-state index in [1.54, 1.807) is 30.3 Å². The van der Waals surface area contributed by atoms with E-state index < -0.39 is 0 Å². The van der Waals surface area contributed by atoms with E-state index in [4.69, 9.17) is 11.6 Å². The number of nitrogens with one attached hydrogen (secondary N) is 2. The maximum atomic E-state index is 12.2. The zero-order valence-corrected chi connectivity index (χ0v) is 16.1. The molecule has 0 spiro atoms. The molecule has 0 saturated heterocycles. The van der Waals surface area contributed by atoms with E-state index in [1.807, 2.05) is 25.1 Å². The van der Waals surface area contributed by atoms with Crippen molar-refractivity contribution >= 4 is 39.9 Å². The van der Waals surface area contributed by atoms with Crippen LogP contribution < -0.4 is 10.6 Å². The maximum Gasteiger partial charge on any atom is 0.257 e. The van der Waals surface area contributed by atoms with Crippen molar-refractivity contribution in [2.45, 2.75) is 13.3 Å². The lowest BCUT2D eigenvalue weighted by Gasteiger charge is -2.05. The van der Waals surface area contributed by atoms with Crippen LogP contribution in [0.4, 0.5) is 5.13 Å². The van der Waals surface area contributed by atoms with Crippen LogP contribution in [0.5, 0.6) is 0 Å². The molecule has 0 fully saturated rings. The second kappa shape index (κ2) is 8.75. The van der Waals surface area contributed by atoms with Gasteiger partial charge in [0, 0.05) is 18.5 Å². The number of nitrogens with zero attached hydrogens (tertiary/aromatic N) is 2. The van der Waals surface area contributed by atoms with E-state index in [9.17, 15) is 9.59 Å². The first-order valence-corrected chi connectivity index (χ1v) is 9.45. The zero-order valence-electron chi connectivity index (χ0n) is 14.5. The van der Waals surface area contributed by atoms with Gasteiger partial charge in [0.25, 0.3) is 11.8 Å². The Morgan fingerprint density at radius 3 is 2.67 bits per heavy atom. The molecule has 8 heteroatoms. The third-order valence-electron chi connectivity index (χ3n) is 3.71. The molecule has 2 aromatic carbocycles. The number of carbonyl (C=O) groups excluding carboxylic acids is 2. The van der Waals surface area contributed by atoms with E-state index in [0.717, 1.165) is 5.56 Å². The monoisotopic (exact) mass is 400 g/mol. The van der Waals surface area contributed by atoms with Crippen LogP contribution in [0.15, 0.2) is 48.5 Å². The minimum Gasteiger partial charge on any atom is -0.352 e. The standard InChI is InChI=1S/C19H17ClN4O2S/c1-12-5-4-6-13(11-12)17(25)22-19-24-23-16(27-19)9-10-21-18(26)14-7-2-3-8-15(14)20/h2-8,11H,9-10H2,1H3,(H,21,26)(H,22,24,25). The van der Waals surface area contributed by atoms with Crippen molar-refractivity contribution < 1.29 is 9.59 Å². The summed E-state index contributed by atoms with van der Waals surface area (Å²) < 4.78 is 0. The highest BCUT2D eigenvalue weighted by Gasteiger charge is 2.12. The lowest BCUT2D eigenvalue weighted by molar-refractivity contribution is 0.0953. The smallest absolute Gasteiger partial charge is 0.257 e. The number of anilines is 1. The average Bonchev–Trinajstić information content (AvgIpc) is 3.09. The third-order valence-corrected chi connectivity index (χ3v) is 4.94. The minimum absolute atomic E-state index is 0.228. The molecule has 0 unspecified atom stereocenters. The van der Waals surface area contributed by atoms with E-state index >= 15 is 0 Å². The van der Waals surface area contributed by atoms with Crippen LogP contribution >= 0.6 is 22.9 Å². The summed E-state index contributed by atoms with van der Waals surface area (Å²) in [6.07, 6.45) is 0.508. The molecule has 0 atom stereocenters. The number of rotatable bonds is 6. The number of aromatic nitrogens is 2. The highest BCUT2D eigenvalue weighted by atomic mass is 35.5. The number of halogens is 1. The number of aryl methyl sites for hydroxylation is 1. The number of amides is 2. The molecule has 0 saturated carbocycles. The Balaban J connectivity index is 1.52. The van der Waals surface area contributed by atoms with Gasteiger partial charge in [0.15, 0.2) is 0 Å². The van der Waals surface area contributed by atoms with Gasteiger partial charge < -0.3 is 5.32 Å². The van der Waals surface area contributed by atoms with Crippen LogP contribution in [0.2, 0.25) is 5.02 Å². The van der Waals surface area contributed by atoms with Crippen molar-refractivity contribution in [3.63, 3.8) is 0 Å². The van der Waals surface area contributed by atoms with Crippen LogP contribution in [0.1, 0.15) is 31.3 Å². The Kier molecular flexibility index (Phi) is 6.16. The van der Waals surface area contributed by atoms with Gasteiger partial charge in [-0.05, 0) is 31.2 Å². The molecular weight excluding hydrogens is 384 g/mol. The van der Waals surface area contributed by atoms with Crippen molar-refractivity contribution in [3.05, 3.63) is 75.3 Å². The second-order valence-corrected chi connectivity index (χ2v) is 7.28. The van der Waals surface area contributed by atoms with E-state index in [-0.39, 0.29) is 11.8 Å². The summed E-state index contributed by atoms with van der Waals surface area (Å²) in [4.78, 5) is 24.3. The van der Waals surface area contributed by atoms with Crippen molar-refractivity contribution in [2.75, 3.05) is 11.9 Å². The van der Waals surface area contributed by atoms with Gasteiger partial charge in [-0.15, -0.1) is 10.2 Å². The summed E-state index contributed by atoms with van der Waals surface area (Å²) >= 11 is 7.28. The lowest BCUT2D eigenvalue weighted by atomic mass is 10.1. The normalized spacial score (nSPS) is 10.4. The van der Waals surface area contributed by atoms with Crippen molar-refractivity contribution in [2.24, 2.45) is 0 Å². The molecule has 1 aromatic heterocycles. The first-order chi connectivity index (χ1) is 13.0. The summed E-state index contributed by atoms with van der Waals surface area (Å²) in [5, 5.41) is 15.1. The van der Waals surface area contributed by atoms with Crippen molar-refractivity contribution in [1.29, 1.82) is 0 Å². The number of hydrogen-bond acceptors (Lipinski definition) is 5. The fraction of sp³-hybridized carbons (Fsp3) is 0.158. The third kappa shape index (κ3) is 5.12. The molecule has 2 amide bonds. The summed E-state index contributed by atoms with van der Waals surface area (Å²) in [7, 11) is 0. The van der Waals surface area contributed by atoms with Gasteiger partial charge in [-0.2, -0.15) is 0 Å². The lowest BCUT2D eigenvalue weighted by Crippen LogP contribution is -2.25. The summed E-state index contributed by atoms with van der Waals surface area (Å²) in [6, 6.07) is 14.2. The second-order valence-electron chi connectivity index (χ2n) is 5.81. The molecule has 6 nitrogen and oxygen atoms in total. The maximum absolute atomic E-state index is 12.2. The highest BCUT2D eigenvalue weighted by molar-refractivity contribution is 7.15. The molecule has 0 radical (unpaired) electrons. The summed E-state index contributed by atoms with van der Waals surface area (Å²) in [5.41, 5.74) is 2.01.